The fourth-order valence-electron chi connectivity index (χ4n) is 12.9. The lowest BCUT2D eigenvalue weighted by molar-refractivity contribution is -0.137. The van der Waals surface area contributed by atoms with Gasteiger partial charge in [-0.05, 0) is 95.5 Å². The summed E-state index contributed by atoms with van der Waals surface area (Å²) in [5.41, 5.74) is 24.9. The number of rotatable bonds is 21. The molecule has 6 aromatic rings. The molecule has 0 aliphatic carbocycles. The first kappa shape index (κ1) is 89.5. The molecule has 35 nitrogen and oxygen atoms in total. The third-order valence-corrected chi connectivity index (χ3v) is 20.5. The Kier molecular flexibility index (Phi) is 33.6. The van der Waals surface area contributed by atoms with Gasteiger partial charge in [0, 0.05) is 65.8 Å². The number of amides is 14. The van der Waals surface area contributed by atoms with E-state index in [1.807, 2.05) is 36.4 Å². The summed E-state index contributed by atoms with van der Waals surface area (Å²) in [6.45, 7) is 9.73. The minimum Gasteiger partial charge on any atom is -0.394 e. The normalized spacial score (nSPS) is 23.1. The van der Waals surface area contributed by atoms with Gasteiger partial charge in [0.25, 0.3) is 0 Å². The summed E-state index contributed by atoms with van der Waals surface area (Å²) in [5, 5.41) is 55.3. The maximum atomic E-state index is 15.2. The zero-order chi connectivity index (χ0) is 83.5. The lowest BCUT2D eigenvalue weighted by Crippen LogP contribution is -2.62. The second kappa shape index (κ2) is 42.8. The molecule has 3 heterocycles. The van der Waals surface area contributed by atoms with E-state index in [1.165, 1.54) is 0 Å². The summed E-state index contributed by atoms with van der Waals surface area (Å²) >= 11 is 0.865. The smallest absolute Gasteiger partial charge is 0.245 e. The summed E-state index contributed by atoms with van der Waals surface area (Å²) in [6, 6.07) is 10.0. The van der Waals surface area contributed by atoms with Crippen molar-refractivity contribution in [1.82, 2.24) is 79.1 Å². The molecule has 4 aromatic carbocycles. The van der Waals surface area contributed by atoms with E-state index in [9.17, 15) is 57.8 Å². The van der Waals surface area contributed by atoms with Crippen molar-refractivity contribution in [1.29, 1.82) is 5.41 Å². The Hall–Kier alpha value is -11.7. The van der Waals surface area contributed by atoms with Crippen LogP contribution in [-0.4, -0.2) is 208 Å². The number of nitrogens with two attached hydrogens (primary N) is 4. The van der Waals surface area contributed by atoms with Gasteiger partial charge in [0.1, 0.15) is 66.5 Å². The monoisotopic (exact) mass is 1600 g/mol. The number of primary amides is 2. The number of aliphatic hydroxyl groups excluding tert-OH is 1. The predicted molar refractivity (Wildman–Crippen MR) is 429 cm³/mol. The van der Waals surface area contributed by atoms with Gasteiger partial charge in [-0.2, -0.15) is 0 Å². The van der Waals surface area contributed by atoms with Gasteiger partial charge in [-0.25, -0.2) is 0 Å². The van der Waals surface area contributed by atoms with E-state index in [0.717, 1.165) is 22.5 Å². The van der Waals surface area contributed by atoms with Gasteiger partial charge in [-0.15, -0.1) is 11.8 Å². The molecule has 12 atom stereocenters. The van der Waals surface area contributed by atoms with Crippen molar-refractivity contribution in [3.8, 4) is 0 Å². The van der Waals surface area contributed by atoms with Crippen LogP contribution in [0, 0.1) is 22.7 Å². The van der Waals surface area contributed by atoms with Crippen LogP contribution in [0.3, 0.4) is 0 Å². The third kappa shape index (κ3) is 26.5. The van der Waals surface area contributed by atoms with Gasteiger partial charge in [-0.3, -0.25) is 72.5 Å². The number of aromatic amines is 2. The minimum atomic E-state index is -1.87. The fourth-order valence-corrected chi connectivity index (χ4v) is 13.8. The molecule has 1 saturated heterocycles. The predicted octanol–water partition coefficient (Wildman–Crippen LogP) is -1.48. The number of carbonyl (C=O) groups excluding carboxylic acids is 14. The maximum Gasteiger partial charge on any atom is 0.245 e. The highest BCUT2D eigenvalue weighted by Crippen LogP contribution is 2.25. The summed E-state index contributed by atoms with van der Waals surface area (Å²) < 4.78 is 0. The molecule has 0 unspecified atom stereocenters. The van der Waals surface area contributed by atoms with Crippen LogP contribution in [0.5, 0.6) is 0 Å². The maximum absolute atomic E-state index is 15.2. The summed E-state index contributed by atoms with van der Waals surface area (Å²) in [5.74, 6) is -16.0. The average Bonchev–Trinajstić information content (AvgIpc) is 1.48. The molecule has 114 heavy (non-hydrogen) atoms. The second-order valence-electron chi connectivity index (χ2n) is 29.8. The second-order valence-corrected chi connectivity index (χ2v) is 30.8. The first-order chi connectivity index (χ1) is 54.2. The molecule has 1 aliphatic rings. The Labute approximate surface area is 663 Å². The first-order valence-electron chi connectivity index (χ1n) is 37.9. The Balaban J connectivity index is 1.27. The zero-order valence-electron chi connectivity index (χ0n) is 65.0. The molecular weight excluding hydrogens is 1490 g/mol. The van der Waals surface area contributed by atoms with Crippen LogP contribution in [0.2, 0.25) is 0 Å². The molecule has 25 N–H and O–H groups in total. The highest BCUT2D eigenvalue weighted by atomic mass is 32.2. The van der Waals surface area contributed by atoms with Crippen molar-refractivity contribution in [3.05, 3.63) is 120 Å². The Morgan fingerprint density at radius 3 is 1.61 bits per heavy atom. The summed E-state index contributed by atoms with van der Waals surface area (Å²) in [7, 11) is 0. The molecule has 0 spiro atoms. The van der Waals surface area contributed by atoms with Gasteiger partial charge in [0.05, 0.1) is 25.3 Å². The number of carbonyl (C=O) groups is 14. The Bertz CT molecular complexity index is 4450. The molecule has 14 amide bonds. The van der Waals surface area contributed by atoms with Crippen molar-refractivity contribution < 1.29 is 72.2 Å². The van der Waals surface area contributed by atoms with Gasteiger partial charge in [0.2, 0.25) is 82.7 Å². The quantitative estimate of drug-likeness (QED) is 0.0222. The van der Waals surface area contributed by atoms with Crippen molar-refractivity contribution in [2.45, 2.75) is 179 Å². The van der Waals surface area contributed by atoms with Crippen molar-refractivity contribution in [3.63, 3.8) is 0 Å². The highest BCUT2D eigenvalue weighted by molar-refractivity contribution is 8.00. The number of guanidine groups is 1. The molecule has 0 bridgehead atoms. The number of benzene rings is 4. The molecule has 36 heteroatoms. The number of hydrogen-bond donors (Lipinski definition) is 21. The van der Waals surface area contributed by atoms with Crippen LogP contribution in [-0.2, 0) is 86.4 Å². The van der Waals surface area contributed by atoms with E-state index >= 15 is 14.4 Å². The number of nitrogens with one attached hydrogen (secondary N) is 16. The van der Waals surface area contributed by atoms with Gasteiger partial charge < -0.3 is 107 Å². The van der Waals surface area contributed by atoms with Crippen LogP contribution in [0.4, 0.5) is 0 Å². The number of para-hydroxylation sites is 2. The standard InChI is InChI=1S/C78H108N20O15S/c1-8-42(4)64-75(112)94-58(38-99)67(104)87-37-61(101)88-52(25-17-29-84-77(82)83)68(105)93-57(34-60(80)100)70(107)92-55(32-46-35-85-50-22-13-11-20-48(46)50)72(109)96-63(41(2)3)74(111)90-53(24-15-16-28-79)69(106)91-56(33-47-36-86-51-23-14-12-21-49(47)51)73(110)98-65(78(5,6)7)76(113)95-59(66(81)103)39-114-40-62(102)89-54(71(108)97-64)31-43-26-27-44-18-9-10-19-45(44)30-43/h9-14,18-23,26-27,30,35-36,41-42,52-59,63-65,85-86,99H,8,15-17,24-25,28-29,31-34,37-40,79H2,1-7H3,(H2,80,100)(H2,81,103)(H,87,104)(H,88,101)(H,89,102)(H,90,111)(H,91,106)(H,92,107)(H,93,105)(H,94,112)(H,95,113)(H,96,109)(H,97,108)(H,98,110)(H4,82,83,84)/t42-,52-,53-,54-,55-,56-,57-,58-,59-,63-,64-,65+/m0/s1. The topological polar surface area (TPSA) is 575 Å². The molecule has 1 fully saturated rings. The third-order valence-electron chi connectivity index (χ3n) is 19.5. The van der Waals surface area contributed by atoms with Gasteiger partial charge in [-0.1, -0.05) is 134 Å². The highest BCUT2D eigenvalue weighted by Gasteiger charge is 2.40. The zero-order valence-corrected chi connectivity index (χ0v) is 65.8. The Morgan fingerprint density at radius 1 is 0.544 bits per heavy atom. The first-order valence-corrected chi connectivity index (χ1v) is 39.1. The van der Waals surface area contributed by atoms with Gasteiger partial charge in [0.15, 0.2) is 5.96 Å². The van der Waals surface area contributed by atoms with E-state index in [1.54, 1.807) is 115 Å². The van der Waals surface area contributed by atoms with Crippen molar-refractivity contribution in [2.24, 2.45) is 40.2 Å². The van der Waals surface area contributed by atoms with E-state index in [2.05, 4.69) is 79.1 Å². The van der Waals surface area contributed by atoms with E-state index in [4.69, 9.17) is 28.3 Å². The van der Waals surface area contributed by atoms with Crippen molar-refractivity contribution in [2.75, 3.05) is 37.7 Å². The number of unbranched alkanes of at least 4 members (excludes halogenated alkanes) is 1. The van der Waals surface area contributed by atoms with E-state index < -0.39 is 198 Å². The van der Waals surface area contributed by atoms with E-state index in [-0.39, 0.29) is 70.2 Å². The summed E-state index contributed by atoms with van der Waals surface area (Å²) in [4.78, 5) is 208. The number of H-pyrrole nitrogens is 2. The lowest BCUT2D eigenvalue weighted by atomic mass is 9.85. The molecule has 0 saturated carbocycles. The van der Waals surface area contributed by atoms with Crippen LogP contribution in [0.25, 0.3) is 32.6 Å². The van der Waals surface area contributed by atoms with Crippen LogP contribution in [0.1, 0.15) is 110 Å². The largest absolute Gasteiger partial charge is 0.394 e. The molecule has 2 aromatic heterocycles. The van der Waals surface area contributed by atoms with Crippen molar-refractivity contribution >= 4 is 133 Å². The Morgan fingerprint density at radius 2 is 1.04 bits per heavy atom. The van der Waals surface area contributed by atoms with Crippen LogP contribution >= 0.6 is 11.8 Å². The number of fused-ring (bicyclic) bond motifs is 3. The van der Waals surface area contributed by atoms with Gasteiger partial charge >= 0.3 is 0 Å². The minimum absolute atomic E-state index is 0.0139. The summed E-state index contributed by atoms with van der Waals surface area (Å²) in [6.07, 6.45) is 2.42. The molecule has 1 aliphatic heterocycles. The molecule has 616 valence electrons. The molecule has 7 rings (SSSR count). The number of hydrogen-bond acceptors (Lipinski definition) is 18. The number of thioether (sulfide) groups is 1. The fraction of sp³-hybridized carbons (Fsp3) is 0.474. The van der Waals surface area contributed by atoms with Crippen LogP contribution in [0.15, 0.2) is 103 Å². The van der Waals surface area contributed by atoms with E-state index in [0.29, 0.717) is 44.9 Å². The average molecular weight is 1600 g/mol. The molecule has 0 radical (unpaired) electrons. The number of aromatic nitrogens is 2. The van der Waals surface area contributed by atoms with Crippen LogP contribution < -0.4 is 92.1 Å². The SMILES string of the molecule is CC[C@H](C)[C@@H]1NC(=O)[C@H](Cc2ccc3ccccc3c2)NC(=O)CSC[C@@H](C(N)=O)NC(=O)[C@H](C(C)(C)C)NC(=O)[C@H](Cc2c[nH]c3ccccc23)NC(=O)[C@H](CCCCN)NC(=O)[C@H](C(C)C)NC(=O)[C@H](Cc2c[nH]c3ccccc23)NC(=O)[C@H](CC(N)=O)NC(=O)[C@H](CCCNC(=N)N)NC(=O)CNC(=O)[C@H](CO)NC1=O. The lowest BCUT2D eigenvalue weighted by Gasteiger charge is -2.33. The number of aliphatic hydroxyl groups is 1. The molecular formula is C78H108N20O15S.